The van der Waals surface area contributed by atoms with E-state index < -0.39 is 5.97 Å². The number of benzene rings is 1. The molecule has 1 aromatic heterocycles. The van der Waals surface area contributed by atoms with E-state index in [1.807, 2.05) is 13.0 Å². The number of aromatic nitrogens is 3. The summed E-state index contributed by atoms with van der Waals surface area (Å²) in [6.45, 7) is 1.94. The van der Waals surface area contributed by atoms with Crippen molar-refractivity contribution in [2.75, 3.05) is 5.75 Å². The highest BCUT2D eigenvalue weighted by atomic mass is 32.2. The van der Waals surface area contributed by atoms with Crippen molar-refractivity contribution < 1.29 is 9.90 Å². The Morgan fingerprint density at radius 2 is 2.30 bits per heavy atom. The van der Waals surface area contributed by atoms with Crippen LogP contribution in [0.5, 0.6) is 0 Å². The molecule has 20 heavy (non-hydrogen) atoms. The van der Waals surface area contributed by atoms with Crippen LogP contribution in [0, 0.1) is 11.3 Å². The van der Waals surface area contributed by atoms with E-state index in [9.17, 15) is 4.79 Å². The van der Waals surface area contributed by atoms with Gasteiger partial charge in [0.15, 0.2) is 5.16 Å². The van der Waals surface area contributed by atoms with E-state index in [0.717, 1.165) is 23.3 Å². The minimum Gasteiger partial charge on any atom is -0.481 e. The van der Waals surface area contributed by atoms with Gasteiger partial charge >= 0.3 is 5.97 Å². The zero-order valence-corrected chi connectivity index (χ0v) is 11.6. The highest BCUT2D eigenvalue weighted by Gasteiger charge is 2.14. The Hall–Kier alpha value is -2.33. The summed E-state index contributed by atoms with van der Waals surface area (Å²) in [5, 5.41) is 26.3. The van der Waals surface area contributed by atoms with Gasteiger partial charge in [0, 0.05) is 6.42 Å². The van der Waals surface area contributed by atoms with Gasteiger partial charge in [-0.25, -0.2) is 0 Å². The van der Waals surface area contributed by atoms with Crippen LogP contribution in [0.1, 0.15) is 18.3 Å². The van der Waals surface area contributed by atoms with Crippen LogP contribution in [0.4, 0.5) is 0 Å². The summed E-state index contributed by atoms with van der Waals surface area (Å²) in [7, 11) is 0. The van der Waals surface area contributed by atoms with Gasteiger partial charge in [0.1, 0.15) is 5.82 Å². The van der Waals surface area contributed by atoms with Gasteiger partial charge in [-0.2, -0.15) is 5.26 Å². The average Bonchev–Trinajstić information content (AvgIpc) is 2.88. The molecule has 0 amide bonds. The third kappa shape index (κ3) is 2.97. The molecule has 0 aliphatic heterocycles. The molecule has 1 heterocycles. The summed E-state index contributed by atoms with van der Waals surface area (Å²) in [5.74, 6) is -0.263. The number of aryl methyl sites for hydroxylation is 1. The van der Waals surface area contributed by atoms with Gasteiger partial charge in [-0.15, -0.1) is 10.2 Å². The van der Waals surface area contributed by atoms with E-state index in [2.05, 4.69) is 16.3 Å². The molecule has 0 aliphatic carbocycles. The molecule has 0 radical (unpaired) electrons. The number of hydrogen-bond donors (Lipinski definition) is 1. The molecule has 2 aromatic rings. The molecule has 0 bridgehead atoms. The quantitative estimate of drug-likeness (QED) is 0.844. The Labute approximate surface area is 120 Å². The summed E-state index contributed by atoms with van der Waals surface area (Å²) in [4.78, 5) is 10.7. The van der Waals surface area contributed by atoms with E-state index in [0.29, 0.717) is 17.1 Å². The number of nitrogens with zero attached hydrogens (tertiary/aromatic N) is 4. The summed E-state index contributed by atoms with van der Waals surface area (Å²) in [6, 6.07) is 9.14. The van der Waals surface area contributed by atoms with Gasteiger partial charge < -0.3 is 5.11 Å². The largest absolute Gasteiger partial charge is 0.481 e. The lowest BCUT2D eigenvalue weighted by Gasteiger charge is -2.08. The van der Waals surface area contributed by atoms with Crippen LogP contribution in [-0.2, 0) is 11.2 Å². The predicted octanol–water partition coefficient (Wildman–Crippen LogP) is 1.88. The summed E-state index contributed by atoms with van der Waals surface area (Å²) >= 11 is 1.11. The second-order valence-corrected chi connectivity index (χ2v) is 4.87. The lowest BCUT2D eigenvalue weighted by Crippen LogP contribution is -2.04. The van der Waals surface area contributed by atoms with Crippen molar-refractivity contribution in [3.05, 3.63) is 35.7 Å². The molecular weight excluding hydrogens is 276 g/mol. The van der Waals surface area contributed by atoms with E-state index in [-0.39, 0.29) is 5.75 Å². The Morgan fingerprint density at radius 1 is 1.50 bits per heavy atom. The van der Waals surface area contributed by atoms with Crippen LogP contribution in [0.25, 0.3) is 5.69 Å². The van der Waals surface area contributed by atoms with Crippen LogP contribution in [0.2, 0.25) is 0 Å². The smallest absolute Gasteiger partial charge is 0.313 e. The van der Waals surface area contributed by atoms with Crippen molar-refractivity contribution in [2.24, 2.45) is 0 Å². The monoisotopic (exact) mass is 288 g/mol. The number of nitriles is 1. The molecule has 0 saturated heterocycles. The van der Waals surface area contributed by atoms with Crippen molar-refractivity contribution in [3.63, 3.8) is 0 Å². The number of carbonyl (C=O) groups is 1. The third-order valence-electron chi connectivity index (χ3n) is 2.57. The van der Waals surface area contributed by atoms with Gasteiger partial charge in [-0.05, 0) is 18.2 Å². The topological polar surface area (TPSA) is 91.8 Å². The highest BCUT2D eigenvalue weighted by molar-refractivity contribution is 7.99. The van der Waals surface area contributed by atoms with Crippen LogP contribution < -0.4 is 0 Å². The van der Waals surface area contributed by atoms with Crippen molar-refractivity contribution in [1.82, 2.24) is 14.8 Å². The normalized spacial score (nSPS) is 10.2. The Morgan fingerprint density at radius 3 is 2.95 bits per heavy atom. The van der Waals surface area contributed by atoms with E-state index >= 15 is 0 Å². The fourth-order valence-electron chi connectivity index (χ4n) is 1.72. The number of aliphatic carboxylic acids is 1. The van der Waals surface area contributed by atoms with Gasteiger partial charge in [0.2, 0.25) is 0 Å². The molecule has 6 nitrogen and oxygen atoms in total. The third-order valence-corrected chi connectivity index (χ3v) is 3.49. The lowest BCUT2D eigenvalue weighted by atomic mass is 10.2. The van der Waals surface area contributed by atoms with E-state index in [1.165, 1.54) is 0 Å². The highest BCUT2D eigenvalue weighted by Crippen LogP contribution is 2.22. The second kappa shape index (κ2) is 6.21. The van der Waals surface area contributed by atoms with Crippen molar-refractivity contribution in [1.29, 1.82) is 5.26 Å². The molecule has 0 saturated carbocycles. The standard InChI is InChI=1S/C13H12N4O2S/c1-2-11-15-16-13(20-8-12(18)19)17(11)10-5-3-4-9(6-10)7-14/h3-6H,2,8H2,1H3,(H,18,19). The van der Waals surface area contributed by atoms with Crippen LogP contribution in [0.15, 0.2) is 29.4 Å². The van der Waals surface area contributed by atoms with Crippen LogP contribution >= 0.6 is 11.8 Å². The minimum absolute atomic E-state index is 0.0835. The van der Waals surface area contributed by atoms with Gasteiger partial charge in [0.25, 0.3) is 0 Å². The molecule has 0 unspecified atom stereocenters. The second-order valence-electron chi connectivity index (χ2n) is 3.93. The number of carboxylic acid groups (broad SMARTS) is 1. The average molecular weight is 288 g/mol. The Balaban J connectivity index is 2.44. The molecule has 102 valence electrons. The van der Waals surface area contributed by atoms with Gasteiger partial charge in [-0.1, -0.05) is 24.8 Å². The molecule has 1 aromatic carbocycles. The molecule has 0 spiro atoms. The first kappa shape index (κ1) is 14.1. The lowest BCUT2D eigenvalue weighted by molar-refractivity contribution is -0.133. The maximum absolute atomic E-state index is 10.7. The summed E-state index contributed by atoms with van der Waals surface area (Å²) in [6.07, 6.45) is 0.664. The van der Waals surface area contributed by atoms with Crippen molar-refractivity contribution in [3.8, 4) is 11.8 Å². The van der Waals surface area contributed by atoms with E-state index in [1.54, 1.807) is 22.8 Å². The predicted molar refractivity (Wildman–Crippen MR) is 73.8 cm³/mol. The SMILES string of the molecule is CCc1nnc(SCC(=O)O)n1-c1cccc(C#N)c1. The molecule has 0 fully saturated rings. The molecule has 0 atom stereocenters. The number of hydrogen-bond acceptors (Lipinski definition) is 5. The first-order valence-corrected chi connectivity index (χ1v) is 6.93. The van der Waals surface area contributed by atoms with Gasteiger partial charge in [0.05, 0.1) is 23.1 Å². The first-order chi connectivity index (χ1) is 9.65. The Kier molecular flexibility index (Phi) is 4.38. The maximum atomic E-state index is 10.7. The van der Waals surface area contributed by atoms with Crippen molar-refractivity contribution >= 4 is 17.7 Å². The fourth-order valence-corrected chi connectivity index (χ4v) is 2.41. The molecule has 7 heteroatoms. The number of carboxylic acids is 1. The molecule has 2 rings (SSSR count). The zero-order chi connectivity index (χ0) is 14.5. The number of rotatable bonds is 5. The molecular formula is C13H12N4O2S. The van der Waals surface area contributed by atoms with Crippen molar-refractivity contribution in [2.45, 2.75) is 18.5 Å². The first-order valence-electron chi connectivity index (χ1n) is 5.95. The number of thioether (sulfide) groups is 1. The summed E-state index contributed by atoms with van der Waals surface area (Å²) in [5.41, 5.74) is 1.30. The Bertz CT molecular complexity index is 675. The molecule has 1 N–H and O–H groups in total. The fraction of sp³-hybridized carbons (Fsp3) is 0.231. The van der Waals surface area contributed by atoms with Gasteiger partial charge in [-0.3, -0.25) is 9.36 Å². The van der Waals surface area contributed by atoms with Crippen LogP contribution in [-0.4, -0.2) is 31.6 Å². The summed E-state index contributed by atoms with van der Waals surface area (Å²) < 4.78 is 1.79. The minimum atomic E-state index is -0.909. The zero-order valence-electron chi connectivity index (χ0n) is 10.8. The van der Waals surface area contributed by atoms with Crippen LogP contribution in [0.3, 0.4) is 0 Å². The van der Waals surface area contributed by atoms with E-state index in [4.69, 9.17) is 10.4 Å². The maximum Gasteiger partial charge on any atom is 0.313 e. The molecule has 0 aliphatic rings.